The fourth-order valence-corrected chi connectivity index (χ4v) is 6.18. The Labute approximate surface area is 257 Å². The van der Waals surface area contributed by atoms with Crippen LogP contribution in [0.1, 0.15) is 42.6 Å². The van der Waals surface area contributed by atoms with Crippen molar-refractivity contribution >= 4 is 34.2 Å². The number of hydrogen-bond donors (Lipinski definition) is 3. The van der Waals surface area contributed by atoms with Gasteiger partial charge in [0.25, 0.3) is 5.91 Å². The summed E-state index contributed by atoms with van der Waals surface area (Å²) in [5.74, 6) is -1.18. The number of carbonyl (C=O) groups is 1. The maximum Gasteiger partial charge on any atom is 0.254 e. The number of nitrogen functional groups attached to an aromatic ring is 1. The molecule has 1 aliphatic heterocycles. The lowest BCUT2D eigenvalue weighted by Gasteiger charge is -2.31. The average Bonchev–Trinajstić information content (AvgIpc) is 2.99. The third-order valence-electron chi connectivity index (χ3n) is 6.92. The van der Waals surface area contributed by atoms with Crippen molar-refractivity contribution in [3.05, 3.63) is 89.2 Å². The number of nitrogens with two attached hydrogens (primary N) is 1. The molecular weight excluding hydrogens is 599 g/mol. The van der Waals surface area contributed by atoms with Gasteiger partial charge in [-0.15, -0.1) is 12.4 Å². The first-order valence-corrected chi connectivity index (χ1v) is 15.0. The van der Waals surface area contributed by atoms with Crippen molar-refractivity contribution in [2.45, 2.75) is 43.4 Å². The smallest absolute Gasteiger partial charge is 0.254 e. The summed E-state index contributed by atoms with van der Waals surface area (Å²) < 4.78 is 60.2. The predicted molar refractivity (Wildman–Crippen MR) is 163 cm³/mol. The molecule has 10 nitrogen and oxygen atoms in total. The second kappa shape index (κ2) is 15.1. The molecule has 0 spiro atoms. The summed E-state index contributed by atoms with van der Waals surface area (Å²) in [5.41, 5.74) is 6.76. The molecular formula is C30H36ClFN4O6S. The molecule has 13 heteroatoms. The molecule has 1 amide bonds. The number of benzene rings is 3. The van der Waals surface area contributed by atoms with E-state index in [9.17, 15) is 13.2 Å². The molecule has 0 saturated carbocycles. The lowest BCUT2D eigenvalue weighted by atomic mass is 10.1. The van der Waals surface area contributed by atoms with Gasteiger partial charge in [-0.05, 0) is 43.5 Å². The highest BCUT2D eigenvalue weighted by Gasteiger charge is 2.32. The quantitative estimate of drug-likeness (QED) is 0.200. The average molecular weight is 635 g/mol. The molecule has 0 bridgehead atoms. The Kier molecular flexibility index (Phi) is 11.9. The van der Waals surface area contributed by atoms with E-state index in [4.69, 9.17) is 25.4 Å². The van der Waals surface area contributed by atoms with Crippen LogP contribution in [-0.4, -0.2) is 57.4 Å². The number of nitrogens with one attached hydrogen (secondary N) is 2. The van der Waals surface area contributed by atoms with E-state index < -0.39 is 34.0 Å². The van der Waals surface area contributed by atoms with Gasteiger partial charge >= 0.3 is 0 Å². The van der Waals surface area contributed by atoms with Crippen LogP contribution in [0.15, 0.2) is 71.6 Å². The van der Waals surface area contributed by atoms with Crippen molar-refractivity contribution in [1.82, 2.24) is 9.62 Å². The molecule has 0 aromatic heterocycles. The van der Waals surface area contributed by atoms with Crippen molar-refractivity contribution in [2.75, 3.05) is 26.8 Å². The molecule has 1 heterocycles. The minimum Gasteiger partial charge on any atom is -0.494 e. The Hall–Kier alpha value is -3.71. The Balaban J connectivity index is 0.00000506. The van der Waals surface area contributed by atoms with Crippen molar-refractivity contribution in [1.29, 1.82) is 5.41 Å². The standard InChI is InChI=1S/C30H35FN4O6S.ClH/c1-3-40-23-17-25(28(39-2)30(36)34-19-20-9-11-21(12-10-20)29(32)33)27(31)26(18-23)41-22-13-15-35(16-14-22)42(37,38)24-7-5-4-6-8-24;/h4-12,17-18,22,28H,3,13-16,19H2,1-2H3,(H3,32,33)(H,34,36);1H/t28-;/m0./s1. The molecule has 1 aliphatic rings. The highest BCUT2D eigenvalue weighted by atomic mass is 35.5. The summed E-state index contributed by atoms with van der Waals surface area (Å²) in [5, 5.41) is 10.2. The summed E-state index contributed by atoms with van der Waals surface area (Å²) in [4.78, 5) is 13.3. The Morgan fingerprint density at radius 1 is 1.12 bits per heavy atom. The third-order valence-corrected chi connectivity index (χ3v) is 8.83. The molecule has 0 unspecified atom stereocenters. The number of amides is 1. The number of amidine groups is 1. The van der Waals surface area contributed by atoms with Gasteiger partial charge in [-0.25, -0.2) is 12.8 Å². The summed E-state index contributed by atoms with van der Waals surface area (Å²) in [6, 6.07) is 17.9. The molecule has 1 fully saturated rings. The predicted octanol–water partition coefficient (Wildman–Crippen LogP) is 4.17. The molecule has 1 atom stereocenters. The van der Waals surface area contributed by atoms with E-state index in [2.05, 4.69) is 5.32 Å². The summed E-state index contributed by atoms with van der Waals surface area (Å²) in [6.07, 6.45) is -1.02. The highest BCUT2D eigenvalue weighted by Crippen LogP contribution is 2.34. The van der Waals surface area contributed by atoms with Crippen molar-refractivity contribution in [2.24, 2.45) is 5.73 Å². The van der Waals surface area contributed by atoms with Gasteiger partial charge < -0.3 is 25.3 Å². The Morgan fingerprint density at radius 2 is 1.77 bits per heavy atom. The minimum atomic E-state index is -3.64. The summed E-state index contributed by atoms with van der Waals surface area (Å²) in [7, 11) is -2.33. The van der Waals surface area contributed by atoms with Gasteiger partial charge in [-0.3, -0.25) is 10.2 Å². The van der Waals surface area contributed by atoms with Crippen LogP contribution in [0.25, 0.3) is 0 Å². The second-order valence-electron chi connectivity index (χ2n) is 9.74. The summed E-state index contributed by atoms with van der Waals surface area (Å²) in [6.45, 7) is 2.68. The molecule has 4 rings (SSSR count). The normalized spacial score (nSPS) is 14.8. The first-order valence-electron chi connectivity index (χ1n) is 13.6. The number of nitrogens with zero attached hydrogens (tertiary/aromatic N) is 1. The fraction of sp³-hybridized carbons (Fsp3) is 0.333. The fourth-order valence-electron chi connectivity index (χ4n) is 4.69. The van der Waals surface area contributed by atoms with Gasteiger partial charge in [-0.2, -0.15) is 4.31 Å². The Bertz CT molecular complexity index is 1500. The number of hydrogen-bond acceptors (Lipinski definition) is 7. The van der Waals surface area contributed by atoms with Gasteiger partial charge in [0.15, 0.2) is 17.7 Å². The Morgan fingerprint density at radius 3 is 2.35 bits per heavy atom. The number of carbonyl (C=O) groups excluding carboxylic acids is 1. The van der Waals surface area contributed by atoms with E-state index in [1.807, 2.05) is 0 Å². The van der Waals surface area contributed by atoms with E-state index in [1.165, 1.54) is 23.5 Å². The number of ether oxygens (including phenoxy) is 3. The van der Waals surface area contributed by atoms with Gasteiger partial charge in [0, 0.05) is 43.9 Å². The van der Waals surface area contributed by atoms with Crippen molar-refractivity contribution < 1.29 is 31.8 Å². The van der Waals surface area contributed by atoms with Gasteiger partial charge in [-0.1, -0.05) is 42.5 Å². The summed E-state index contributed by atoms with van der Waals surface area (Å²) >= 11 is 0. The van der Waals surface area contributed by atoms with Crippen LogP contribution in [0, 0.1) is 11.2 Å². The van der Waals surface area contributed by atoms with Crippen molar-refractivity contribution in [3.8, 4) is 11.5 Å². The van der Waals surface area contributed by atoms with Crippen LogP contribution in [0.4, 0.5) is 4.39 Å². The molecule has 0 radical (unpaired) electrons. The molecule has 0 aliphatic carbocycles. The lowest BCUT2D eigenvalue weighted by Crippen LogP contribution is -2.41. The van der Waals surface area contributed by atoms with E-state index in [1.54, 1.807) is 61.5 Å². The monoisotopic (exact) mass is 634 g/mol. The highest BCUT2D eigenvalue weighted by molar-refractivity contribution is 7.89. The molecule has 4 N–H and O–H groups in total. The number of piperidine rings is 1. The first-order chi connectivity index (χ1) is 20.1. The van der Waals surface area contributed by atoms with E-state index in [-0.39, 0.29) is 54.1 Å². The zero-order chi connectivity index (χ0) is 30.3. The number of rotatable bonds is 12. The zero-order valence-electron chi connectivity index (χ0n) is 23.9. The van der Waals surface area contributed by atoms with E-state index in [0.717, 1.165) is 5.56 Å². The van der Waals surface area contributed by atoms with Crippen LogP contribution in [-0.2, 0) is 26.1 Å². The number of methoxy groups -OCH3 is 1. The van der Waals surface area contributed by atoms with Crippen LogP contribution >= 0.6 is 12.4 Å². The van der Waals surface area contributed by atoms with Crippen LogP contribution < -0.4 is 20.5 Å². The van der Waals surface area contributed by atoms with Crippen LogP contribution in [0.5, 0.6) is 11.5 Å². The van der Waals surface area contributed by atoms with Gasteiger partial charge in [0.1, 0.15) is 17.7 Å². The third kappa shape index (κ3) is 8.23. The molecule has 3 aromatic carbocycles. The molecule has 1 saturated heterocycles. The number of sulfonamides is 1. The molecule has 232 valence electrons. The number of halogens is 2. The first kappa shape index (κ1) is 33.8. The zero-order valence-corrected chi connectivity index (χ0v) is 25.5. The van der Waals surface area contributed by atoms with Crippen molar-refractivity contribution in [3.63, 3.8) is 0 Å². The van der Waals surface area contributed by atoms with E-state index >= 15 is 4.39 Å². The molecule has 3 aromatic rings. The van der Waals surface area contributed by atoms with Gasteiger partial charge in [0.2, 0.25) is 10.0 Å². The van der Waals surface area contributed by atoms with Gasteiger partial charge in [0.05, 0.1) is 11.5 Å². The van der Waals surface area contributed by atoms with E-state index in [0.29, 0.717) is 30.8 Å². The second-order valence-corrected chi connectivity index (χ2v) is 11.7. The SMILES string of the molecule is CCOc1cc(OC2CCN(S(=O)(=O)c3ccccc3)CC2)c(F)c([C@H](OC)C(=O)NCc2ccc(C(=N)N)cc2)c1.Cl. The minimum absolute atomic E-state index is 0. The van der Waals surface area contributed by atoms with Crippen LogP contribution in [0.3, 0.4) is 0 Å². The largest absolute Gasteiger partial charge is 0.494 e. The van der Waals surface area contributed by atoms with Crippen LogP contribution in [0.2, 0.25) is 0 Å². The lowest BCUT2D eigenvalue weighted by molar-refractivity contribution is -0.131. The maximum atomic E-state index is 15.8. The molecule has 43 heavy (non-hydrogen) atoms. The topological polar surface area (TPSA) is 144 Å². The maximum absolute atomic E-state index is 15.8.